The number of fused-ring (bicyclic) bond motifs is 8. The minimum absolute atomic E-state index is 0.164. The molecule has 0 amide bonds. The van der Waals surface area contributed by atoms with Crippen molar-refractivity contribution < 1.29 is 8.83 Å². The lowest BCUT2D eigenvalue weighted by Gasteiger charge is -2.28. The third-order valence-corrected chi connectivity index (χ3v) is 14.3. The van der Waals surface area contributed by atoms with Crippen molar-refractivity contribution in [3.63, 3.8) is 0 Å². The second kappa shape index (κ2) is 15.2. The minimum Gasteiger partial charge on any atom is -0.456 e. The average Bonchev–Trinajstić information content (AvgIpc) is 3.82. The van der Waals surface area contributed by atoms with E-state index in [1.807, 2.05) is 0 Å². The van der Waals surface area contributed by atoms with Crippen molar-refractivity contribution in [1.29, 1.82) is 0 Å². The van der Waals surface area contributed by atoms with Gasteiger partial charge in [0.2, 0.25) is 0 Å². The number of para-hydroxylation sites is 2. The topological polar surface area (TPSA) is 32.8 Å². The predicted molar refractivity (Wildman–Crippen MR) is 277 cm³/mol. The number of hydrogen-bond donors (Lipinski definition) is 0. The minimum atomic E-state index is 0.164. The monoisotopic (exact) mass is 846 g/mol. The van der Waals surface area contributed by atoms with Gasteiger partial charge in [-0.2, -0.15) is 0 Å². The zero-order valence-corrected chi connectivity index (χ0v) is 39.1. The van der Waals surface area contributed by atoms with Crippen molar-refractivity contribution in [2.24, 2.45) is 0 Å². The summed E-state index contributed by atoms with van der Waals surface area (Å²) in [4.78, 5) is 4.79. The molecule has 0 saturated carbocycles. The summed E-state index contributed by atoms with van der Waals surface area (Å²) in [7, 11) is 0. The Bertz CT molecular complexity index is 3460. The Hall–Kier alpha value is -7.30. The molecule has 11 rings (SSSR count). The molecule has 320 valence electrons. The fourth-order valence-corrected chi connectivity index (χ4v) is 10.2. The molecule has 0 N–H and O–H groups in total. The first-order valence-electron chi connectivity index (χ1n) is 22.9. The molecular formula is C61H54N2O2. The molecule has 4 nitrogen and oxygen atoms in total. The van der Waals surface area contributed by atoms with Crippen LogP contribution in [0, 0.1) is 55.4 Å². The van der Waals surface area contributed by atoms with Gasteiger partial charge in [0.05, 0.1) is 0 Å². The lowest BCUT2D eigenvalue weighted by atomic mass is 9.95. The number of benzene rings is 9. The number of rotatable bonds is 7. The summed E-state index contributed by atoms with van der Waals surface area (Å²) in [6, 6.07) is 51.5. The second-order valence-electron chi connectivity index (χ2n) is 18.8. The van der Waals surface area contributed by atoms with Crippen molar-refractivity contribution >= 4 is 99.5 Å². The Balaban J connectivity index is 1.06. The molecule has 0 aliphatic carbocycles. The van der Waals surface area contributed by atoms with E-state index in [9.17, 15) is 0 Å². The van der Waals surface area contributed by atoms with E-state index < -0.39 is 0 Å². The molecule has 0 aliphatic heterocycles. The van der Waals surface area contributed by atoms with Crippen LogP contribution in [0.4, 0.5) is 34.1 Å². The summed E-state index contributed by atoms with van der Waals surface area (Å²) in [5.74, 6) is 0.164. The van der Waals surface area contributed by atoms with Crippen LogP contribution < -0.4 is 9.80 Å². The average molecular weight is 847 g/mol. The van der Waals surface area contributed by atoms with Crippen LogP contribution in [0.3, 0.4) is 0 Å². The third-order valence-electron chi connectivity index (χ3n) is 14.3. The highest BCUT2D eigenvalue weighted by Crippen LogP contribution is 2.46. The first-order chi connectivity index (χ1) is 31.3. The molecule has 65 heavy (non-hydrogen) atoms. The van der Waals surface area contributed by atoms with Crippen LogP contribution >= 0.6 is 0 Å². The Morgan fingerprint density at radius 2 is 0.754 bits per heavy atom. The number of hydrogen-bond acceptors (Lipinski definition) is 4. The van der Waals surface area contributed by atoms with Crippen LogP contribution in [0.15, 0.2) is 148 Å². The number of furan rings is 2. The van der Waals surface area contributed by atoms with Crippen molar-refractivity contribution in [3.05, 3.63) is 190 Å². The molecule has 4 heteroatoms. The Kier molecular flexibility index (Phi) is 9.44. The number of nitrogens with zero attached hydrogens (tertiary/aromatic N) is 2. The van der Waals surface area contributed by atoms with Crippen LogP contribution in [-0.4, -0.2) is 0 Å². The maximum atomic E-state index is 6.95. The van der Waals surface area contributed by atoms with Crippen molar-refractivity contribution in [1.82, 2.24) is 0 Å². The van der Waals surface area contributed by atoms with Crippen LogP contribution in [0.2, 0.25) is 0 Å². The summed E-state index contributed by atoms with van der Waals surface area (Å²) in [6.07, 6.45) is 0. The molecule has 0 unspecified atom stereocenters. The Morgan fingerprint density at radius 3 is 1.14 bits per heavy atom. The molecule has 2 aromatic heterocycles. The Morgan fingerprint density at radius 1 is 0.354 bits per heavy atom. The maximum Gasteiger partial charge on any atom is 0.142 e. The van der Waals surface area contributed by atoms with Gasteiger partial charge in [-0.25, -0.2) is 0 Å². The van der Waals surface area contributed by atoms with E-state index in [0.29, 0.717) is 0 Å². The van der Waals surface area contributed by atoms with Crippen LogP contribution in [0.1, 0.15) is 69.8 Å². The SMILES string of the molecule is Cc1ccccc1N(c1cc(C)c(C)c(C)c1)c1ccc2cc3c(cc2c1)oc1c(C(C)C)c2oc4cc5cc(N(c6cc(C)c(C)c(C)c6)c6ccccc6C)ccc5cc4c2cc13. The summed E-state index contributed by atoms with van der Waals surface area (Å²) in [6.45, 7) is 22.1. The molecule has 0 saturated heterocycles. The van der Waals surface area contributed by atoms with Crippen LogP contribution in [0.25, 0.3) is 65.4 Å². The van der Waals surface area contributed by atoms with Gasteiger partial charge in [0, 0.05) is 61.2 Å². The van der Waals surface area contributed by atoms with E-state index in [4.69, 9.17) is 8.83 Å². The first-order valence-corrected chi connectivity index (χ1v) is 22.9. The highest BCUT2D eigenvalue weighted by atomic mass is 16.3. The smallest absolute Gasteiger partial charge is 0.142 e. The summed E-state index contributed by atoms with van der Waals surface area (Å²) >= 11 is 0. The van der Waals surface area contributed by atoms with E-state index in [1.54, 1.807) is 0 Å². The van der Waals surface area contributed by atoms with Gasteiger partial charge in [0.15, 0.2) is 0 Å². The molecule has 2 heterocycles. The zero-order chi connectivity index (χ0) is 45.0. The molecule has 0 radical (unpaired) electrons. The van der Waals surface area contributed by atoms with Crippen molar-refractivity contribution in [3.8, 4) is 0 Å². The maximum absolute atomic E-state index is 6.95. The van der Waals surface area contributed by atoms with Gasteiger partial charge in [0.1, 0.15) is 22.3 Å². The molecule has 0 fully saturated rings. The number of aryl methyl sites for hydroxylation is 6. The third kappa shape index (κ3) is 6.57. The first kappa shape index (κ1) is 40.5. The summed E-state index contributed by atoms with van der Waals surface area (Å²) in [5, 5.41) is 9.07. The zero-order valence-electron chi connectivity index (χ0n) is 39.1. The lowest BCUT2D eigenvalue weighted by Crippen LogP contribution is -2.12. The van der Waals surface area contributed by atoms with Gasteiger partial charge < -0.3 is 18.6 Å². The molecular weight excluding hydrogens is 793 g/mol. The highest BCUT2D eigenvalue weighted by molar-refractivity contribution is 6.20. The quantitative estimate of drug-likeness (QED) is 0.160. The largest absolute Gasteiger partial charge is 0.456 e. The second-order valence-corrected chi connectivity index (χ2v) is 18.8. The fraction of sp³-hybridized carbons (Fsp3) is 0.180. The summed E-state index contributed by atoms with van der Waals surface area (Å²) in [5.41, 5.74) is 21.8. The molecule has 0 bridgehead atoms. The van der Waals surface area contributed by atoms with Gasteiger partial charge in [-0.05, 0) is 218 Å². The normalized spacial score (nSPS) is 12.0. The standard InChI is InChI=1S/C61H54N2O2/c1-34(2)59-60-53(51-29-43-19-21-47(27-45(43)31-57(51)64-60)62(55-17-13-11-15-35(55)3)49-23-37(5)41(9)38(6)24-49)33-54-52-30-44-20-22-48(28-46(44)32-58(52)65-61(54)59)63(56-18-14-12-16-36(56)4)50-25-39(7)42(10)40(8)26-50/h11-34H,1-10H3. The van der Waals surface area contributed by atoms with Crippen molar-refractivity contribution in [2.45, 2.75) is 75.2 Å². The fourth-order valence-electron chi connectivity index (χ4n) is 10.2. The molecule has 0 aliphatic rings. The van der Waals surface area contributed by atoms with Gasteiger partial charge in [-0.15, -0.1) is 0 Å². The Labute approximate surface area is 381 Å². The molecule has 11 aromatic rings. The van der Waals surface area contributed by atoms with Gasteiger partial charge in [-0.1, -0.05) is 62.4 Å². The van der Waals surface area contributed by atoms with Crippen LogP contribution in [0.5, 0.6) is 0 Å². The summed E-state index contributed by atoms with van der Waals surface area (Å²) < 4.78 is 13.9. The van der Waals surface area contributed by atoms with Crippen LogP contribution in [-0.2, 0) is 0 Å². The number of anilines is 6. The van der Waals surface area contributed by atoms with E-state index in [-0.39, 0.29) is 5.92 Å². The van der Waals surface area contributed by atoms with Crippen molar-refractivity contribution in [2.75, 3.05) is 9.80 Å². The van der Waals surface area contributed by atoms with Gasteiger partial charge in [-0.3, -0.25) is 0 Å². The lowest BCUT2D eigenvalue weighted by molar-refractivity contribution is 0.638. The van der Waals surface area contributed by atoms with Gasteiger partial charge in [0.25, 0.3) is 0 Å². The van der Waals surface area contributed by atoms with Gasteiger partial charge >= 0.3 is 0 Å². The predicted octanol–water partition coefficient (Wildman–Crippen LogP) is 18.3. The van der Waals surface area contributed by atoms with E-state index in [0.717, 1.165) is 83.0 Å². The van der Waals surface area contributed by atoms with E-state index in [1.165, 1.54) is 66.7 Å². The molecule has 9 aromatic carbocycles. The van der Waals surface area contributed by atoms with E-state index in [2.05, 4.69) is 219 Å². The molecule has 0 atom stereocenters. The van der Waals surface area contributed by atoms with E-state index >= 15 is 0 Å². The highest BCUT2D eigenvalue weighted by Gasteiger charge is 2.24. The molecule has 0 spiro atoms.